The van der Waals surface area contributed by atoms with Crippen LogP contribution in [0.2, 0.25) is 0 Å². The van der Waals surface area contributed by atoms with Crippen molar-refractivity contribution in [3.8, 4) is 0 Å². The summed E-state index contributed by atoms with van der Waals surface area (Å²) in [4.78, 5) is 0. The normalized spacial score (nSPS) is 14.0. The minimum absolute atomic E-state index is 2.49. The quantitative estimate of drug-likeness (QED) is 0.476. The Morgan fingerprint density at radius 1 is 0.889 bits per heavy atom. The lowest BCUT2D eigenvalue weighted by Crippen LogP contribution is -2.23. The van der Waals surface area contributed by atoms with E-state index in [2.05, 4.69) is 27.9 Å². The highest BCUT2D eigenvalue weighted by molar-refractivity contribution is 6.22. The summed E-state index contributed by atoms with van der Waals surface area (Å²) < 4.78 is 47.3. The van der Waals surface area contributed by atoms with Gasteiger partial charge in [0, 0.05) is 0 Å². The average Bonchev–Trinajstić information content (AvgIpc) is 1.14. The molecule has 0 saturated heterocycles. The monoisotopic (exact) mass is 186 g/mol. The Balaban J connectivity index is 3.75. The van der Waals surface area contributed by atoms with Gasteiger partial charge >= 0.3 is 11.1 Å². The van der Waals surface area contributed by atoms with Gasteiger partial charge in [-0.15, -0.1) is 0 Å². The second kappa shape index (κ2) is 2.48. The van der Waals surface area contributed by atoms with Gasteiger partial charge in [-0.25, -0.2) is 4.74 Å². The van der Waals surface area contributed by atoms with Gasteiger partial charge in [-0.3, -0.25) is 0 Å². The van der Waals surface area contributed by atoms with Gasteiger partial charge in [-0.05, 0) is 23.2 Å². The smallest absolute Gasteiger partial charge is 0.228 e. The highest BCUT2D eigenvalue weighted by atomic mass is 35.5. The van der Waals surface area contributed by atoms with E-state index in [0.717, 1.165) is 0 Å². The van der Waals surface area contributed by atoms with Gasteiger partial charge in [0.05, 0.1) is 0 Å². The van der Waals surface area contributed by atoms with Crippen molar-refractivity contribution in [2.45, 2.75) is 11.1 Å². The Morgan fingerprint density at radius 3 is 1.11 bits per heavy atom. The van der Waals surface area contributed by atoms with E-state index < -0.39 is 11.1 Å². The number of hydrogen-bond donors (Lipinski definition) is 0. The molecule has 0 amide bonds. The van der Waals surface area contributed by atoms with Crippen LogP contribution in [0.15, 0.2) is 0 Å². The summed E-state index contributed by atoms with van der Waals surface area (Å²) in [5, 5.41) is 0. The van der Waals surface area contributed by atoms with E-state index in [-0.39, 0.29) is 0 Å². The van der Waals surface area contributed by atoms with Gasteiger partial charge in [0.15, 0.2) is 0 Å². The second-order valence-corrected chi connectivity index (χ2v) is 1.87. The SMILES string of the molecule is FC(F)(Cl)OC(F)(F)Cl. The Labute approximate surface area is 57.5 Å². The number of hydrogen-bond acceptors (Lipinski definition) is 1. The van der Waals surface area contributed by atoms with E-state index >= 15 is 0 Å². The lowest BCUT2D eigenvalue weighted by atomic mass is 11.3. The molecule has 1 nitrogen and oxygen atoms in total. The predicted octanol–water partition coefficient (Wildman–Crippen LogP) is 2.58. The van der Waals surface area contributed by atoms with E-state index in [1.165, 1.54) is 0 Å². The fourth-order valence-corrected chi connectivity index (χ4v) is 0.365. The molecule has 0 aromatic rings. The van der Waals surface area contributed by atoms with Crippen LogP contribution in [0.4, 0.5) is 17.6 Å². The van der Waals surface area contributed by atoms with Gasteiger partial charge in [-0.1, -0.05) is 0 Å². The summed E-state index contributed by atoms with van der Waals surface area (Å²) in [5.74, 6) is 0. The molecule has 0 radical (unpaired) electrons. The number of alkyl halides is 6. The van der Waals surface area contributed by atoms with E-state index in [4.69, 9.17) is 0 Å². The molecule has 0 N–H and O–H groups in total. The molecule has 0 aliphatic heterocycles. The maximum atomic E-state index is 11.2. The first-order valence-electron chi connectivity index (χ1n) is 1.54. The van der Waals surface area contributed by atoms with Crippen molar-refractivity contribution in [3.05, 3.63) is 0 Å². The van der Waals surface area contributed by atoms with E-state index in [1.807, 2.05) is 0 Å². The number of halogens is 6. The minimum Gasteiger partial charge on any atom is -0.228 e. The van der Waals surface area contributed by atoms with Crippen molar-refractivity contribution < 1.29 is 22.3 Å². The summed E-state index contributed by atoms with van der Waals surface area (Å²) in [6.07, 6.45) is 0. The van der Waals surface area contributed by atoms with E-state index in [9.17, 15) is 17.6 Å². The summed E-state index contributed by atoms with van der Waals surface area (Å²) in [6, 6.07) is 0. The predicted molar refractivity (Wildman–Crippen MR) is 22.7 cm³/mol. The van der Waals surface area contributed by atoms with Gasteiger partial charge in [0.1, 0.15) is 0 Å². The van der Waals surface area contributed by atoms with Gasteiger partial charge in [0.2, 0.25) is 0 Å². The Kier molecular flexibility index (Phi) is 2.55. The molecule has 0 aliphatic carbocycles. The standard InChI is InChI=1S/C2Cl2F4O/c3-1(5,6)9-2(4,7)8. The van der Waals surface area contributed by atoms with Gasteiger partial charge in [0.25, 0.3) is 0 Å². The van der Waals surface area contributed by atoms with Crippen molar-refractivity contribution in [3.63, 3.8) is 0 Å². The van der Waals surface area contributed by atoms with E-state index in [1.54, 1.807) is 0 Å². The van der Waals surface area contributed by atoms with Crippen LogP contribution in [0.3, 0.4) is 0 Å². The van der Waals surface area contributed by atoms with Crippen LogP contribution in [0.25, 0.3) is 0 Å². The van der Waals surface area contributed by atoms with Gasteiger partial charge in [-0.2, -0.15) is 17.6 Å². The summed E-state index contributed by atoms with van der Waals surface area (Å²) in [7, 11) is 0. The summed E-state index contributed by atoms with van der Waals surface area (Å²) in [6.45, 7) is 0. The molecule has 0 atom stereocenters. The first-order chi connectivity index (χ1) is 3.71. The molecule has 0 unspecified atom stereocenters. The third kappa shape index (κ3) is 8.26. The number of ether oxygens (including phenoxy) is 1. The summed E-state index contributed by atoms with van der Waals surface area (Å²) in [5.41, 5.74) is -8.85. The van der Waals surface area contributed by atoms with Crippen molar-refractivity contribution in [2.75, 3.05) is 0 Å². The van der Waals surface area contributed by atoms with Crippen molar-refractivity contribution in [1.29, 1.82) is 0 Å². The summed E-state index contributed by atoms with van der Waals surface area (Å²) >= 11 is 7.80. The molecule has 0 saturated carbocycles. The maximum absolute atomic E-state index is 11.2. The zero-order valence-electron chi connectivity index (χ0n) is 3.68. The molecule has 56 valence electrons. The largest absolute Gasteiger partial charge is 0.445 e. The molecule has 0 fully saturated rings. The maximum Gasteiger partial charge on any atom is 0.445 e. The van der Waals surface area contributed by atoms with Crippen LogP contribution in [0.1, 0.15) is 0 Å². The molecule has 0 spiro atoms. The Bertz CT molecular complexity index is 81.7. The van der Waals surface area contributed by atoms with Crippen LogP contribution >= 0.6 is 23.2 Å². The topological polar surface area (TPSA) is 9.23 Å². The van der Waals surface area contributed by atoms with Crippen LogP contribution < -0.4 is 0 Å². The molecule has 7 heteroatoms. The molecule has 0 rings (SSSR count). The van der Waals surface area contributed by atoms with Crippen LogP contribution in [0.5, 0.6) is 0 Å². The first kappa shape index (κ1) is 9.26. The molecule has 0 heterocycles. The fourth-order valence-electron chi connectivity index (χ4n) is 0.131. The lowest BCUT2D eigenvalue weighted by molar-refractivity contribution is -0.297. The van der Waals surface area contributed by atoms with Crippen molar-refractivity contribution in [1.82, 2.24) is 0 Å². The highest BCUT2D eigenvalue weighted by Crippen LogP contribution is 2.32. The van der Waals surface area contributed by atoms with E-state index in [0.29, 0.717) is 0 Å². The van der Waals surface area contributed by atoms with Crippen molar-refractivity contribution >= 4 is 23.2 Å². The first-order valence-corrected chi connectivity index (χ1v) is 2.30. The molecular weight excluding hydrogens is 187 g/mol. The van der Waals surface area contributed by atoms with Gasteiger partial charge < -0.3 is 0 Å². The lowest BCUT2D eigenvalue weighted by Gasteiger charge is -2.11. The van der Waals surface area contributed by atoms with Crippen molar-refractivity contribution in [2.24, 2.45) is 0 Å². The van der Waals surface area contributed by atoms with Crippen LogP contribution in [0, 0.1) is 0 Å². The molecule has 0 bridgehead atoms. The fraction of sp³-hybridized carbons (Fsp3) is 1.00. The Hall–Kier alpha value is 0.260. The number of rotatable bonds is 2. The Morgan fingerprint density at radius 2 is 1.11 bits per heavy atom. The molecule has 9 heavy (non-hydrogen) atoms. The molecule has 0 aromatic heterocycles. The zero-order chi connectivity index (χ0) is 7.71. The zero-order valence-corrected chi connectivity index (χ0v) is 5.19. The molecule has 0 aromatic carbocycles. The minimum atomic E-state index is -4.43. The second-order valence-electron chi connectivity index (χ2n) is 0.994. The third-order valence-corrected chi connectivity index (χ3v) is 0.386. The molecule has 0 aliphatic rings. The molecular formula is C2Cl2F4O. The average molecular weight is 187 g/mol. The third-order valence-electron chi connectivity index (χ3n) is 0.231. The van der Waals surface area contributed by atoms with Crippen LogP contribution in [-0.4, -0.2) is 11.1 Å². The highest BCUT2D eigenvalue weighted by Gasteiger charge is 2.41. The van der Waals surface area contributed by atoms with Crippen LogP contribution in [-0.2, 0) is 4.74 Å².